The zero-order valence-electron chi connectivity index (χ0n) is 14.9. The van der Waals surface area contributed by atoms with Crippen LogP contribution in [-0.4, -0.2) is 23.6 Å². The molecule has 1 fully saturated rings. The SMILES string of the molecule is Cc1ccc(NC(=O)C(C)C)c(NC=C2C(=O)OC(C)(C)OC2=O)c1. The van der Waals surface area contributed by atoms with E-state index in [2.05, 4.69) is 10.6 Å². The Morgan fingerprint density at radius 1 is 1.12 bits per heavy atom. The molecule has 1 aliphatic rings. The molecule has 0 unspecified atom stereocenters. The van der Waals surface area contributed by atoms with E-state index in [1.165, 1.54) is 20.0 Å². The van der Waals surface area contributed by atoms with Crippen LogP contribution >= 0.6 is 0 Å². The second-order valence-electron chi connectivity index (χ2n) is 6.57. The number of benzene rings is 1. The van der Waals surface area contributed by atoms with Crippen molar-refractivity contribution in [2.24, 2.45) is 5.92 Å². The highest BCUT2D eigenvalue weighted by molar-refractivity contribution is 6.15. The summed E-state index contributed by atoms with van der Waals surface area (Å²) in [6, 6.07) is 5.38. The van der Waals surface area contributed by atoms with Crippen LogP contribution in [0.15, 0.2) is 30.0 Å². The van der Waals surface area contributed by atoms with Crippen LogP contribution in [0.1, 0.15) is 33.3 Å². The minimum atomic E-state index is -1.29. The van der Waals surface area contributed by atoms with E-state index in [9.17, 15) is 14.4 Å². The Labute approximate surface area is 146 Å². The van der Waals surface area contributed by atoms with E-state index in [1.807, 2.05) is 13.0 Å². The highest BCUT2D eigenvalue weighted by Gasteiger charge is 2.38. The van der Waals surface area contributed by atoms with Gasteiger partial charge >= 0.3 is 11.9 Å². The van der Waals surface area contributed by atoms with Gasteiger partial charge in [-0.05, 0) is 24.6 Å². The first-order valence-corrected chi connectivity index (χ1v) is 7.94. The second-order valence-corrected chi connectivity index (χ2v) is 6.57. The molecule has 1 aliphatic heterocycles. The summed E-state index contributed by atoms with van der Waals surface area (Å²) in [5, 5.41) is 5.68. The van der Waals surface area contributed by atoms with Crippen molar-refractivity contribution in [1.82, 2.24) is 0 Å². The quantitative estimate of drug-likeness (QED) is 0.495. The van der Waals surface area contributed by atoms with Crippen molar-refractivity contribution in [1.29, 1.82) is 0 Å². The third-order valence-electron chi connectivity index (χ3n) is 3.45. The van der Waals surface area contributed by atoms with Gasteiger partial charge in [-0.25, -0.2) is 9.59 Å². The Hall–Kier alpha value is -2.83. The third-order valence-corrected chi connectivity index (χ3v) is 3.45. The summed E-state index contributed by atoms with van der Waals surface area (Å²) < 4.78 is 10.1. The monoisotopic (exact) mass is 346 g/mol. The fourth-order valence-corrected chi connectivity index (χ4v) is 2.09. The Balaban J connectivity index is 2.25. The smallest absolute Gasteiger partial charge is 0.350 e. The predicted octanol–water partition coefficient (Wildman–Crippen LogP) is 2.72. The van der Waals surface area contributed by atoms with Gasteiger partial charge in [-0.3, -0.25) is 4.79 Å². The van der Waals surface area contributed by atoms with Crippen LogP contribution < -0.4 is 10.6 Å². The minimum absolute atomic E-state index is 0.141. The Bertz CT molecular complexity index is 728. The Kier molecular flexibility index (Phi) is 5.15. The largest absolute Gasteiger partial charge is 0.419 e. The van der Waals surface area contributed by atoms with E-state index in [0.29, 0.717) is 11.4 Å². The number of carbonyl (C=O) groups excluding carboxylic acids is 3. The summed E-state index contributed by atoms with van der Waals surface area (Å²) in [5.74, 6) is -3.15. The van der Waals surface area contributed by atoms with Crippen molar-refractivity contribution in [2.45, 2.75) is 40.4 Å². The second kappa shape index (κ2) is 6.96. The maximum Gasteiger partial charge on any atom is 0.350 e. The molecule has 2 N–H and O–H groups in total. The summed E-state index contributed by atoms with van der Waals surface area (Å²) in [5.41, 5.74) is 1.78. The first kappa shape index (κ1) is 18.5. The summed E-state index contributed by atoms with van der Waals surface area (Å²) in [6.07, 6.45) is 1.22. The van der Waals surface area contributed by atoms with E-state index in [4.69, 9.17) is 9.47 Å². The molecule has 0 radical (unpaired) electrons. The number of aryl methyl sites for hydroxylation is 1. The topological polar surface area (TPSA) is 93.7 Å². The maximum absolute atomic E-state index is 12.0. The number of hydrogen-bond acceptors (Lipinski definition) is 6. The lowest BCUT2D eigenvalue weighted by atomic mass is 10.1. The fourth-order valence-electron chi connectivity index (χ4n) is 2.09. The van der Waals surface area contributed by atoms with Crippen LogP contribution in [0, 0.1) is 12.8 Å². The lowest BCUT2D eigenvalue weighted by Crippen LogP contribution is -2.42. The number of esters is 2. The first-order chi connectivity index (χ1) is 11.6. The molecule has 7 heteroatoms. The van der Waals surface area contributed by atoms with Crippen molar-refractivity contribution in [3.8, 4) is 0 Å². The van der Waals surface area contributed by atoms with Crippen LogP contribution in [0.2, 0.25) is 0 Å². The van der Waals surface area contributed by atoms with E-state index < -0.39 is 17.7 Å². The molecule has 0 saturated carbocycles. The van der Waals surface area contributed by atoms with Crippen molar-refractivity contribution in [2.75, 3.05) is 10.6 Å². The average Bonchev–Trinajstić information content (AvgIpc) is 2.47. The van der Waals surface area contributed by atoms with Gasteiger partial charge in [0.05, 0.1) is 11.4 Å². The molecule has 1 amide bonds. The molecule has 134 valence electrons. The molecule has 1 saturated heterocycles. The zero-order chi connectivity index (χ0) is 18.8. The molecule has 2 rings (SSSR count). The molecule has 1 heterocycles. The molecular weight excluding hydrogens is 324 g/mol. The normalized spacial score (nSPS) is 16.2. The molecule has 25 heavy (non-hydrogen) atoms. The number of anilines is 2. The van der Waals surface area contributed by atoms with Gasteiger partial charge in [0.2, 0.25) is 5.91 Å². The molecule has 7 nitrogen and oxygen atoms in total. The summed E-state index contributed by atoms with van der Waals surface area (Å²) in [7, 11) is 0. The Morgan fingerprint density at radius 2 is 1.72 bits per heavy atom. The molecule has 0 spiro atoms. The van der Waals surface area contributed by atoms with Crippen molar-refractivity contribution >= 4 is 29.2 Å². The first-order valence-electron chi connectivity index (χ1n) is 7.94. The number of rotatable bonds is 4. The highest BCUT2D eigenvalue weighted by atomic mass is 16.7. The maximum atomic E-state index is 12.0. The van der Waals surface area contributed by atoms with Gasteiger partial charge in [-0.2, -0.15) is 0 Å². The molecule has 1 aromatic rings. The summed E-state index contributed by atoms with van der Waals surface area (Å²) in [4.78, 5) is 35.8. The third kappa shape index (κ3) is 4.59. The number of ether oxygens (including phenoxy) is 2. The van der Waals surface area contributed by atoms with Gasteiger partial charge in [-0.15, -0.1) is 0 Å². The predicted molar refractivity (Wildman–Crippen MR) is 92.6 cm³/mol. The highest BCUT2D eigenvalue weighted by Crippen LogP contribution is 2.26. The van der Waals surface area contributed by atoms with Gasteiger partial charge in [0, 0.05) is 26.0 Å². The van der Waals surface area contributed by atoms with Crippen molar-refractivity contribution in [3.05, 3.63) is 35.5 Å². The van der Waals surface area contributed by atoms with Crippen LogP contribution in [-0.2, 0) is 23.9 Å². The lowest BCUT2D eigenvalue weighted by molar-refractivity contribution is -0.222. The summed E-state index contributed by atoms with van der Waals surface area (Å²) in [6.45, 7) is 8.42. The fraction of sp³-hybridized carbons (Fsp3) is 0.389. The van der Waals surface area contributed by atoms with E-state index in [1.54, 1.807) is 26.0 Å². The number of cyclic esters (lactones) is 2. The van der Waals surface area contributed by atoms with Gasteiger partial charge in [0.15, 0.2) is 5.57 Å². The molecule has 0 atom stereocenters. The molecule has 0 aliphatic carbocycles. The van der Waals surface area contributed by atoms with Crippen LogP contribution in [0.4, 0.5) is 11.4 Å². The van der Waals surface area contributed by atoms with Gasteiger partial charge in [-0.1, -0.05) is 19.9 Å². The van der Waals surface area contributed by atoms with E-state index >= 15 is 0 Å². The average molecular weight is 346 g/mol. The van der Waals surface area contributed by atoms with Gasteiger partial charge in [0.25, 0.3) is 5.79 Å². The van der Waals surface area contributed by atoms with Crippen LogP contribution in [0.3, 0.4) is 0 Å². The number of carbonyl (C=O) groups is 3. The van der Waals surface area contributed by atoms with E-state index in [-0.39, 0.29) is 17.4 Å². The van der Waals surface area contributed by atoms with Crippen LogP contribution in [0.5, 0.6) is 0 Å². The van der Waals surface area contributed by atoms with Crippen molar-refractivity contribution < 1.29 is 23.9 Å². The molecular formula is C18H22N2O5. The van der Waals surface area contributed by atoms with Crippen LogP contribution in [0.25, 0.3) is 0 Å². The molecule has 0 aromatic heterocycles. The number of amides is 1. The minimum Gasteiger partial charge on any atom is -0.419 e. The standard InChI is InChI=1S/C18H22N2O5/c1-10(2)15(21)20-13-7-6-11(3)8-14(13)19-9-12-16(22)24-18(4,5)25-17(12)23/h6-10,19H,1-5H3,(H,20,21). The van der Waals surface area contributed by atoms with Crippen molar-refractivity contribution in [3.63, 3.8) is 0 Å². The summed E-state index contributed by atoms with van der Waals surface area (Å²) >= 11 is 0. The number of hydrogen-bond donors (Lipinski definition) is 2. The van der Waals surface area contributed by atoms with E-state index in [0.717, 1.165) is 5.56 Å². The molecule has 1 aromatic carbocycles. The zero-order valence-corrected chi connectivity index (χ0v) is 14.9. The number of nitrogens with one attached hydrogen (secondary N) is 2. The van der Waals surface area contributed by atoms with Gasteiger partial charge < -0.3 is 20.1 Å². The van der Waals surface area contributed by atoms with Gasteiger partial charge in [0.1, 0.15) is 0 Å². The molecule has 0 bridgehead atoms. The lowest BCUT2D eigenvalue weighted by Gasteiger charge is -2.29. The Morgan fingerprint density at radius 3 is 2.28 bits per heavy atom.